The molecule has 28 heavy (non-hydrogen) atoms. The lowest BCUT2D eigenvalue weighted by Gasteiger charge is -2.21. The van der Waals surface area contributed by atoms with Crippen molar-refractivity contribution in [1.29, 1.82) is 0 Å². The molecule has 2 aliphatic rings. The molecule has 5 nitrogen and oxygen atoms in total. The zero-order valence-corrected chi connectivity index (χ0v) is 17.9. The van der Waals surface area contributed by atoms with Crippen molar-refractivity contribution in [3.8, 4) is 5.75 Å². The van der Waals surface area contributed by atoms with Crippen LogP contribution in [0.4, 0.5) is 0 Å². The third-order valence-corrected chi connectivity index (χ3v) is 8.09. The first-order chi connectivity index (χ1) is 13.7. The number of ether oxygens (including phenoxy) is 1. The van der Waals surface area contributed by atoms with Gasteiger partial charge in [0.1, 0.15) is 5.75 Å². The maximum absolute atomic E-state index is 12.0. The number of hydrogen-bond donors (Lipinski definition) is 2. The van der Waals surface area contributed by atoms with E-state index in [1.165, 1.54) is 29.9 Å². The highest BCUT2D eigenvalue weighted by Gasteiger charge is 2.20. The van der Waals surface area contributed by atoms with Crippen LogP contribution in [0.2, 0.25) is 0 Å². The summed E-state index contributed by atoms with van der Waals surface area (Å²) in [5.41, 5.74) is 1.31. The molecule has 1 aromatic rings. The molecule has 0 unspecified atom stereocenters. The highest BCUT2D eigenvalue weighted by Crippen LogP contribution is 2.43. The SMILES string of the molecule is O=C(COc1ccc(C2SCCCS2)cc1)NCCNC(=O)C1CCCCC1. The Balaban J connectivity index is 1.29. The van der Waals surface area contributed by atoms with Crippen LogP contribution in [0.5, 0.6) is 5.75 Å². The molecule has 1 heterocycles. The van der Waals surface area contributed by atoms with E-state index in [-0.39, 0.29) is 24.3 Å². The van der Waals surface area contributed by atoms with E-state index in [0.29, 0.717) is 23.4 Å². The molecule has 0 aromatic heterocycles. The Morgan fingerprint density at radius 3 is 2.32 bits per heavy atom. The zero-order chi connectivity index (χ0) is 19.6. The Kier molecular flexibility index (Phi) is 8.86. The van der Waals surface area contributed by atoms with E-state index in [0.717, 1.165) is 25.7 Å². The van der Waals surface area contributed by atoms with Crippen LogP contribution in [0.15, 0.2) is 24.3 Å². The molecule has 1 saturated carbocycles. The second-order valence-corrected chi connectivity index (χ2v) is 9.99. The fourth-order valence-corrected chi connectivity index (χ4v) is 6.39. The van der Waals surface area contributed by atoms with Gasteiger partial charge in [-0.25, -0.2) is 0 Å². The predicted molar refractivity (Wildman–Crippen MR) is 117 cm³/mol. The molecule has 0 spiro atoms. The molecule has 1 saturated heterocycles. The third kappa shape index (κ3) is 6.92. The average molecular weight is 423 g/mol. The van der Waals surface area contributed by atoms with Crippen molar-refractivity contribution in [3.63, 3.8) is 0 Å². The summed E-state index contributed by atoms with van der Waals surface area (Å²) in [6.45, 7) is 0.880. The number of rotatable bonds is 8. The number of amides is 2. The summed E-state index contributed by atoms with van der Waals surface area (Å²) in [6, 6.07) is 8.04. The second-order valence-electron chi connectivity index (χ2n) is 7.26. The number of carbonyl (C=O) groups excluding carboxylic acids is 2. The number of thioether (sulfide) groups is 2. The number of nitrogens with one attached hydrogen (secondary N) is 2. The van der Waals surface area contributed by atoms with Gasteiger partial charge in [0.25, 0.3) is 5.91 Å². The summed E-state index contributed by atoms with van der Waals surface area (Å²) in [7, 11) is 0. The molecule has 1 aromatic carbocycles. The van der Waals surface area contributed by atoms with Crippen LogP contribution < -0.4 is 15.4 Å². The zero-order valence-electron chi connectivity index (χ0n) is 16.3. The minimum Gasteiger partial charge on any atom is -0.484 e. The Morgan fingerprint density at radius 1 is 0.929 bits per heavy atom. The Morgan fingerprint density at radius 2 is 1.61 bits per heavy atom. The summed E-state index contributed by atoms with van der Waals surface area (Å²) in [6.07, 6.45) is 6.79. The molecular formula is C21H30N2O3S2. The van der Waals surface area contributed by atoms with E-state index in [2.05, 4.69) is 22.8 Å². The first kappa shape index (κ1) is 21.4. The first-order valence-electron chi connectivity index (χ1n) is 10.2. The summed E-state index contributed by atoms with van der Waals surface area (Å²) in [5.74, 6) is 3.25. The van der Waals surface area contributed by atoms with Gasteiger partial charge >= 0.3 is 0 Å². The minimum atomic E-state index is -0.172. The van der Waals surface area contributed by atoms with Crippen molar-refractivity contribution >= 4 is 35.3 Å². The Hall–Kier alpha value is -1.34. The third-order valence-electron chi connectivity index (χ3n) is 5.07. The van der Waals surface area contributed by atoms with Crippen LogP contribution in [0.1, 0.15) is 48.7 Å². The molecule has 7 heteroatoms. The van der Waals surface area contributed by atoms with E-state index < -0.39 is 0 Å². The maximum atomic E-state index is 12.0. The van der Waals surface area contributed by atoms with Crippen molar-refractivity contribution in [1.82, 2.24) is 10.6 Å². The molecule has 2 amide bonds. The van der Waals surface area contributed by atoms with Gasteiger partial charge in [0.15, 0.2) is 6.61 Å². The van der Waals surface area contributed by atoms with Gasteiger partial charge in [0.05, 0.1) is 4.58 Å². The lowest BCUT2D eigenvalue weighted by Crippen LogP contribution is -2.39. The smallest absolute Gasteiger partial charge is 0.258 e. The van der Waals surface area contributed by atoms with Gasteiger partial charge in [0.2, 0.25) is 5.91 Å². The van der Waals surface area contributed by atoms with Gasteiger partial charge in [-0.3, -0.25) is 9.59 Å². The lowest BCUT2D eigenvalue weighted by molar-refractivity contribution is -0.126. The number of benzene rings is 1. The van der Waals surface area contributed by atoms with Gasteiger partial charge in [-0.15, -0.1) is 23.5 Å². The van der Waals surface area contributed by atoms with Crippen LogP contribution in [-0.4, -0.2) is 43.0 Å². The van der Waals surface area contributed by atoms with E-state index in [4.69, 9.17) is 4.74 Å². The van der Waals surface area contributed by atoms with Crippen molar-refractivity contribution in [2.24, 2.45) is 5.92 Å². The molecule has 2 fully saturated rings. The summed E-state index contributed by atoms with van der Waals surface area (Å²) < 4.78 is 6.08. The molecule has 0 radical (unpaired) electrons. The fraction of sp³-hybridized carbons (Fsp3) is 0.619. The summed E-state index contributed by atoms with van der Waals surface area (Å²) in [4.78, 5) is 24.0. The maximum Gasteiger partial charge on any atom is 0.258 e. The van der Waals surface area contributed by atoms with Gasteiger partial charge in [-0.2, -0.15) is 0 Å². The topological polar surface area (TPSA) is 67.4 Å². The predicted octanol–water partition coefficient (Wildman–Crippen LogP) is 3.75. The lowest BCUT2D eigenvalue weighted by atomic mass is 9.89. The fourth-order valence-electron chi connectivity index (χ4n) is 3.50. The van der Waals surface area contributed by atoms with Crippen molar-refractivity contribution in [2.45, 2.75) is 43.1 Å². The van der Waals surface area contributed by atoms with Crippen LogP contribution in [0.3, 0.4) is 0 Å². The van der Waals surface area contributed by atoms with Gasteiger partial charge in [0, 0.05) is 19.0 Å². The molecule has 3 rings (SSSR count). The van der Waals surface area contributed by atoms with Crippen LogP contribution in [0, 0.1) is 5.92 Å². The highest BCUT2D eigenvalue weighted by atomic mass is 32.2. The van der Waals surface area contributed by atoms with Crippen LogP contribution in [0.25, 0.3) is 0 Å². The molecule has 2 N–H and O–H groups in total. The summed E-state index contributed by atoms with van der Waals surface area (Å²) in [5, 5.41) is 5.71. The van der Waals surface area contributed by atoms with Gasteiger partial charge in [-0.05, 0) is 48.5 Å². The quantitative estimate of drug-likeness (QED) is 0.625. The van der Waals surface area contributed by atoms with Crippen molar-refractivity contribution < 1.29 is 14.3 Å². The van der Waals surface area contributed by atoms with Crippen LogP contribution in [-0.2, 0) is 9.59 Å². The largest absolute Gasteiger partial charge is 0.484 e. The molecule has 154 valence electrons. The molecule has 0 bridgehead atoms. The number of carbonyl (C=O) groups is 2. The molecule has 1 aliphatic carbocycles. The van der Waals surface area contributed by atoms with E-state index in [1.54, 1.807) is 0 Å². The minimum absolute atomic E-state index is 0.0111. The summed E-state index contributed by atoms with van der Waals surface area (Å²) >= 11 is 3.98. The van der Waals surface area contributed by atoms with Gasteiger partial charge in [-0.1, -0.05) is 31.4 Å². The second kappa shape index (κ2) is 11.6. The van der Waals surface area contributed by atoms with Crippen LogP contribution >= 0.6 is 23.5 Å². The van der Waals surface area contributed by atoms with E-state index >= 15 is 0 Å². The van der Waals surface area contributed by atoms with Crippen molar-refractivity contribution in [3.05, 3.63) is 29.8 Å². The van der Waals surface area contributed by atoms with E-state index in [9.17, 15) is 9.59 Å². The normalized spacial score (nSPS) is 18.4. The van der Waals surface area contributed by atoms with Crippen molar-refractivity contribution in [2.75, 3.05) is 31.2 Å². The van der Waals surface area contributed by atoms with Gasteiger partial charge < -0.3 is 15.4 Å². The molecule has 1 aliphatic heterocycles. The molecular weight excluding hydrogens is 392 g/mol. The monoisotopic (exact) mass is 422 g/mol. The Labute approximate surface area is 176 Å². The standard InChI is InChI=1S/C21H30N2O3S2/c24-19(22-11-12-23-20(25)16-5-2-1-3-6-16)15-26-18-9-7-17(8-10-18)21-27-13-4-14-28-21/h7-10,16,21H,1-6,11-15H2,(H,22,24)(H,23,25). The first-order valence-corrected chi connectivity index (χ1v) is 12.3. The average Bonchev–Trinajstić information content (AvgIpc) is 2.76. The van der Waals surface area contributed by atoms with E-state index in [1.807, 2.05) is 35.7 Å². The highest BCUT2D eigenvalue weighted by molar-refractivity contribution is 8.16. The molecule has 0 atom stereocenters. The number of hydrogen-bond acceptors (Lipinski definition) is 5. The Bertz CT molecular complexity index is 627.